The lowest BCUT2D eigenvalue weighted by Crippen LogP contribution is -2.59. The second-order valence-electron chi connectivity index (χ2n) is 6.34. The van der Waals surface area contributed by atoms with Gasteiger partial charge in [0.05, 0.1) is 7.11 Å². The van der Waals surface area contributed by atoms with Crippen molar-refractivity contribution in [2.75, 3.05) is 20.7 Å². The van der Waals surface area contributed by atoms with E-state index in [9.17, 15) is 14.4 Å². The molecule has 0 spiro atoms. The third-order valence-corrected chi connectivity index (χ3v) is 4.79. The fourth-order valence-corrected chi connectivity index (χ4v) is 3.31. The maximum atomic E-state index is 13.0. The molecule has 7 nitrogen and oxygen atoms in total. The summed E-state index contributed by atoms with van der Waals surface area (Å²) in [6.07, 6.45) is 2.24. The highest BCUT2D eigenvalue weighted by atomic mass is 16.5. The van der Waals surface area contributed by atoms with Crippen LogP contribution in [0.1, 0.15) is 25.3 Å². The Morgan fingerprint density at radius 3 is 2.60 bits per heavy atom. The monoisotopic (exact) mass is 347 g/mol. The summed E-state index contributed by atoms with van der Waals surface area (Å²) in [7, 11) is 3.15. The molecule has 1 aliphatic rings. The number of benzene rings is 1. The van der Waals surface area contributed by atoms with Crippen molar-refractivity contribution in [3.05, 3.63) is 29.8 Å². The van der Waals surface area contributed by atoms with Crippen LogP contribution in [0.4, 0.5) is 0 Å². The molecule has 1 saturated heterocycles. The Morgan fingerprint density at radius 1 is 1.36 bits per heavy atom. The van der Waals surface area contributed by atoms with E-state index in [1.54, 1.807) is 26.0 Å². The first kappa shape index (κ1) is 18.8. The van der Waals surface area contributed by atoms with Gasteiger partial charge in [0, 0.05) is 20.0 Å². The number of likely N-dealkylation sites (N-methyl/N-ethyl adjacent to an activating group) is 1. The topological polar surface area (TPSA) is 87.7 Å². The minimum absolute atomic E-state index is 0.187. The fourth-order valence-electron chi connectivity index (χ4n) is 3.31. The van der Waals surface area contributed by atoms with Gasteiger partial charge in [0.2, 0.25) is 18.2 Å². The molecule has 136 valence electrons. The van der Waals surface area contributed by atoms with Crippen molar-refractivity contribution in [1.82, 2.24) is 15.5 Å². The largest absolute Gasteiger partial charge is 0.497 e. The van der Waals surface area contributed by atoms with Gasteiger partial charge in [-0.2, -0.15) is 0 Å². The molecule has 1 aliphatic heterocycles. The van der Waals surface area contributed by atoms with Gasteiger partial charge in [0.15, 0.2) is 0 Å². The maximum Gasteiger partial charge on any atom is 0.246 e. The highest BCUT2D eigenvalue weighted by Crippen LogP contribution is 2.30. The summed E-state index contributed by atoms with van der Waals surface area (Å²) in [5.74, 6) is 0.292. The van der Waals surface area contributed by atoms with Gasteiger partial charge in [0.25, 0.3) is 0 Å². The summed E-state index contributed by atoms with van der Waals surface area (Å²) >= 11 is 0. The van der Waals surface area contributed by atoms with Gasteiger partial charge < -0.3 is 20.3 Å². The summed E-state index contributed by atoms with van der Waals surface area (Å²) < 4.78 is 5.12. The van der Waals surface area contributed by atoms with E-state index in [0.29, 0.717) is 25.8 Å². The first-order chi connectivity index (χ1) is 12.0. The van der Waals surface area contributed by atoms with Crippen LogP contribution >= 0.6 is 0 Å². The molecule has 1 aromatic carbocycles. The molecule has 1 aromatic rings. The molecule has 25 heavy (non-hydrogen) atoms. The van der Waals surface area contributed by atoms with E-state index in [1.807, 2.05) is 24.3 Å². The van der Waals surface area contributed by atoms with Gasteiger partial charge in [-0.05, 0) is 37.5 Å². The number of carbonyl (C=O) groups excluding carboxylic acids is 3. The summed E-state index contributed by atoms with van der Waals surface area (Å²) in [5.41, 5.74) is 0.0171. The van der Waals surface area contributed by atoms with E-state index < -0.39 is 11.6 Å². The average Bonchev–Trinajstić information content (AvgIpc) is 3.03. The molecule has 0 bridgehead atoms. The molecule has 2 N–H and O–H groups in total. The van der Waals surface area contributed by atoms with Crippen LogP contribution in [0.15, 0.2) is 24.3 Å². The van der Waals surface area contributed by atoms with E-state index in [2.05, 4.69) is 10.6 Å². The van der Waals surface area contributed by atoms with E-state index in [0.717, 1.165) is 17.7 Å². The molecular formula is C18H25N3O4. The molecule has 7 heteroatoms. The lowest BCUT2D eigenvalue weighted by Gasteiger charge is -2.35. The Labute approximate surface area is 147 Å². The fraction of sp³-hybridized carbons (Fsp3) is 0.500. The second kappa shape index (κ2) is 8.00. The summed E-state index contributed by atoms with van der Waals surface area (Å²) in [5, 5.41) is 5.23. The summed E-state index contributed by atoms with van der Waals surface area (Å²) in [4.78, 5) is 37.8. The van der Waals surface area contributed by atoms with Gasteiger partial charge in [-0.15, -0.1) is 0 Å². The number of amides is 3. The number of carbonyl (C=O) groups is 3. The van der Waals surface area contributed by atoms with Crippen molar-refractivity contribution in [2.24, 2.45) is 0 Å². The number of nitrogens with zero attached hydrogens (tertiary/aromatic N) is 1. The van der Waals surface area contributed by atoms with Crippen molar-refractivity contribution >= 4 is 18.2 Å². The molecule has 0 unspecified atom stereocenters. The molecule has 1 heterocycles. The van der Waals surface area contributed by atoms with Crippen molar-refractivity contribution in [1.29, 1.82) is 0 Å². The zero-order valence-corrected chi connectivity index (χ0v) is 14.9. The smallest absolute Gasteiger partial charge is 0.246 e. The molecule has 2 atom stereocenters. The number of hydrogen-bond acceptors (Lipinski definition) is 4. The van der Waals surface area contributed by atoms with Crippen molar-refractivity contribution < 1.29 is 19.1 Å². The van der Waals surface area contributed by atoms with Crippen LogP contribution in [0, 0.1) is 0 Å². The van der Waals surface area contributed by atoms with Crippen molar-refractivity contribution in [3.8, 4) is 5.75 Å². The van der Waals surface area contributed by atoms with Crippen LogP contribution in [-0.4, -0.2) is 55.4 Å². The molecular weight excluding hydrogens is 322 g/mol. The average molecular weight is 347 g/mol. The molecule has 2 rings (SSSR count). The summed E-state index contributed by atoms with van der Waals surface area (Å²) in [6.45, 7) is 2.27. The van der Waals surface area contributed by atoms with E-state index in [1.165, 1.54) is 0 Å². The Kier molecular flexibility index (Phi) is 6.01. The van der Waals surface area contributed by atoms with Gasteiger partial charge in [-0.3, -0.25) is 14.4 Å². The van der Waals surface area contributed by atoms with E-state index >= 15 is 0 Å². The quantitative estimate of drug-likeness (QED) is 0.702. The van der Waals surface area contributed by atoms with Crippen LogP contribution in [0.3, 0.4) is 0 Å². The third kappa shape index (κ3) is 3.92. The third-order valence-electron chi connectivity index (χ3n) is 4.79. The first-order valence-electron chi connectivity index (χ1n) is 8.32. The Bertz CT molecular complexity index is 632. The maximum absolute atomic E-state index is 13.0. The molecule has 3 amide bonds. The van der Waals surface area contributed by atoms with Crippen LogP contribution in [0.25, 0.3) is 0 Å². The second-order valence-corrected chi connectivity index (χ2v) is 6.34. The number of nitrogens with one attached hydrogen (secondary N) is 2. The molecule has 0 aliphatic carbocycles. The predicted octanol–water partition coefficient (Wildman–Crippen LogP) is 0.479. The predicted molar refractivity (Wildman–Crippen MR) is 93.1 cm³/mol. The number of hydrogen-bond donors (Lipinski definition) is 2. The summed E-state index contributed by atoms with van der Waals surface area (Å²) in [6, 6.07) is 6.61. The highest BCUT2D eigenvalue weighted by Gasteiger charge is 2.46. The van der Waals surface area contributed by atoms with Gasteiger partial charge in [-0.1, -0.05) is 12.1 Å². The normalized spacial score (nSPS) is 20.7. The van der Waals surface area contributed by atoms with Crippen LogP contribution in [0.2, 0.25) is 0 Å². The van der Waals surface area contributed by atoms with Crippen molar-refractivity contribution in [3.63, 3.8) is 0 Å². The molecule has 0 radical (unpaired) electrons. The zero-order valence-electron chi connectivity index (χ0n) is 14.9. The van der Waals surface area contributed by atoms with Gasteiger partial charge in [-0.25, -0.2) is 0 Å². The van der Waals surface area contributed by atoms with Gasteiger partial charge in [0.1, 0.15) is 17.3 Å². The number of ether oxygens (including phenoxy) is 1. The number of likely N-dealkylation sites (tertiary alicyclic amines) is 1. The number of rotatable bonds is 7. The standard InChI is InChI=1S/C18H25N3O4/c1-18(17(24)19-2)9-4-10-21(18)16(23)15(20-12-22)11-13-5-7-14(25-3)8-6-13/h5-8,12,15H,4,9-11H2,1-3H3,(H,19,24)(H,20,22)/t15-,18-/m0/s1. The Balaban J connectivity index is 2.19. The lowest BCUT2D eigenvalue weighted by atomic mass is 9.96. The minimum atomic E-state index is -0.880. The lowest BCUT2D eigenvalue weighted by molar-refractivity contribution is -0.145. The molecule has 0 aromatic heterocycles. The Morgan fingerprint density at radius 2 is 2.04 bits per heavy atom. The van der Waals surface area contributed by atoms with E-state index in [4.69, 9.17) is 4.74 Å². The van der Waals surface area contributed by atoms with Crippen LogP contribution in [-0.2, 0) is 20.8 Å². The molecule has 1 fully saturated rings. The van der Waals surface area contributed by atoms with Crippen LogP contribution < -0.4 is 15.4 Å². The SMILES string of the molecule is CNC(=O)[C@]1(C)CCCN1C(=O)[C@H](Cc1ccc(OC)cc1)NC=O. The number of methoxy groups -OCH3 is 1. The zero-order chi connectivity index (χ0) is 18.4. The highest BCUT2D eigenvalue weighted by molar-refractivity contribution is 5.94. The van der Waals surface area contributed by atoms with Crippen LogP contribution in [0.5, 0.6) is 5.75 Å². The Hall–Kier alpha value is -2.57. The molecule has 0 saturated carbocycles. The first-order valence-corrected chi connectivity index (χ1v) is 8.32. The van der Waals surface area contributed by atoms with Gasteiger partial charge >= 0.3 is 0 Å². The van der Waals surface area contributed by atoms with Crippen molar-refractivity contribution in [2.45, 2.75) is 37.8 Å². The minimum Gasteiger partial charge on any atom is -0.497 e. The van der Waals surface area contributed by atoms with E-state index in [-0.39, 0.29) is 11.8 Å².